The number of halogens is 3. The van der Waals surface area contributed by atoms with Gasteiger partial charge in [0.15, 0.2) is 0 Å². The topological polar surface area (TPSA) is 35.2 Å². The molecule has 1 fully saturated rings. The monoisotopic (exact) mass is 319 g/mol. The van der Waals surface area contributed by atoms with Crippen molar-refractivity contribution in [2.24, 2.45) is 5.73 Å². The second kappa shape index (κ2) is 5.63. The van der Waals surface area contributed by atoms with Gasteiger partial charge in [-0.15, -0.1) is 0 Å². The maximum absolute atomic E-state index is 13.8. The van der Waals surface area contributed by atoms with E-state index in [0.717, 1.165) is 12.8 Å². The smallest absolute Gasteiger partial charge is 0.143 e. The number of rotatable bonds is 3. The van der Waals surface area contributed by atoms with Gasteiger partial charge in [0.1, 0.15) is 11.6 Å². The first kappa shape index (κ1) is 13.9. The predicted molar refractivity (Wildman–Crippen MR) is 69.3 cm³/mol. The Bertz CT molecular complexity index is 441. The van der Waals surface area contributed by atoms with Crippen molar-refractivity contribution >= 4 is 15.9 Å². The minimum absolute atomic E-state index is 0.0278. The van der Waals surface area contributed by atoms with Crippen molar-refractivity contribution in [2.45, 2.75) is 44.4 Å². The van der Waals surface area contributed by atoms with E-state index >= 15 is 0 Å². The van der Waals surface area contributed by atoms with Gasteiger partial charge in [-0.05, 0) is 54.2 Å². The summed E-state index contributed by atoms with van der Waals surface area (Å²) in [6.45, 7) is 1.98. The highest BCUT2D eigenvalue weighted by Gasteiger charge is 2.28. The molecule has 1 aliphatic heterocycles. The molecule has 1 aromatic carbocycles. The zero-order chi connectivity index (χ0) is 13.3. The zero-order valence-corrected chi connectivity index (χ0v) is 11.7. The summed E-state index contributed by atoms with van der Waals surface area (Å²) in [5.74, 6) is -1.13. The van der Waals surface area contributed by atoms with Crippen LogP contribution in [0.5, 0.6) is 0 Å². The minimum Gasteiger partial charge on any atom is -0.374 e. The molecule has 1 heterocycles. The second-order valence-corrected chi connectivity index (χ2v) is 5.61. The van der Waals surface area contributed by atoms with Gasteiger partial charge in [0.05, 0.1) is 16.7 Å². The van der Waals surface area contributed by atoms with E-state index in [-0.39, 0.29) is 34.7 Å². The molecular weight excluding hydrogens is 304 g/mol. The van der Waals surface area contributed by atoms with E-state index in [1.54, 1.807) is 0 Å². The Morgan fingerprint density at radius 3 is 2.78 bits per heavy atom. The molecule has 100 valence electrons. The fourth-order valence-corrected chi connectivity index (χ4v) is 2.64. The van der Waals surface area contributed by atoms with Gasteiger partial charge in [-0.1, -0.05) is 0 Å². The number of ether oxygens (including phenoxy) is 1. The summed E-state index contributed by atoms with van der Waals surface area (Å²) < 4.78 is 33.3. The lowest BCUT2D eigenvalue weighted by atomic mass is 9.99. The molecule has 3 unspecified atom stereocenters. The van der Waals surface area contributed by atoms with E-state index in [0.29, 0.717) is 0 Å². The average Bonchev–Trinajstić information content (AvgIpc) is 2.76. The number of benzene rings is 1. The van der Waals surface area contributed by atoms with E-state index in [1.165, 1.54) is 12.1 Å². The molecule has 2 rings (SSSR count). The Hall–Kier alpha value is -0.520. The predicted octanol–water partition coefficient (Wildman–Crippen LogP) is 3.16. The second-order valence-electron chi connectivity index (χ2n) is 4.75. The van der Waals surface area contributed by atoms with Gasteiger partial charge in [0.25, 0.3) is 0 Å². The summed E-state index contributed by atoms with van der Waals surface area (Å²) in [5, 5.41) is 0. The number of nitrogens with two attached hydrogens (primary N) is 1. The SMILES string of the molecule is CC1CCC(C(N)Cc2c(F)ccc(Br)c2F)O1. The zero-order valence-electron chi connectivity index (χ0n) is 10.1. The van der Waals surface area contributed by atoms with Crippen LogP contribution >= 0.6 is 15.9 Å². The summed E-state index contributed by atoms with van der Waals surface area (Å²) in [6.07, 6.45) is 2.01. The van der Waals surface area contributed by atoms with Crippen molar-refractivity contribution in [1.29, 1.82) is 0 Å². The molecule has 0 amide bonds. The summed E-state index contributed by atoms with van der Waals surface area (Å²) in [6, 6.07) is 2.22. The maximum atomic E-state index is 13.8. The lowest BCUT2D eigenvalue weighted by molar-refractivity contribution is 0.0401. The summed E-state index contributed by atoms with van der Waals surface area (Å²) in [7, 11) is 0. The molecule has 1 saturated heterocycles. The Balaban J connectivity index is 2.12. The molecule has 0 radical (unpaired) electrons. The summed E-state index contributed by atoms with van der Waals surface area (Å²) >= 11 is 3.05. The largest absolute Gasteiger partial charge is 0.374 e. The van der Waals surface area contributed by atoms with E-state index in [2.05, 4.69) is 15.9 Å². The van der Waals surface area contributed by atoms with Gasteiger partial charge >= 0.3 is 0 Å². The van der Waals surface area contributed by atoms with E-state index in [9.17, 15) is 8.78 Å². The van der Waals surface area contributed by atoms with Crippen molar-refractivity contribution in [1.82, 2.24) is 0 Å². The molecule has 0 spiro atoms. The Labute approximate surface area is 114 Å². The molecule has 0 aliphatic carbocycles. The van der Waals surface area contributed by atoms with Gasteiger partial charge in [-0.3, -0.25) is 0 Å². The molecule has 5 heteroatoms. The van der Waals surface area contributed by atoms with Gasteiger partial charge < -0.3 is 10.5 Å². The lowest BCUT2D eigenvalue weighted by Crippen LogP contribution is -2.37. The fraction of sp³-hybridized carbons (Fsp3) is 0.538. The first-order valence-electron chi connectivity index (χ1n) is 6.02. The van der Waals surface area contributed by atoms with Crippen LogP contribution < -0.4 is 5.73 Å². The molecule has 18 heavy (non-hydrogen) atoms. The van der Waals surface area contributed by atoms with Gasteiger partial charge in [0.2, 0.25) is 0 Å². The van der Waals surface area contributed by atoms with Crippen LogP contribution in [-0.2, 0) is 11.2 Å². The summed E-state index contributed by atoms with van der Waals surface area (Å²) in [5.41, 5.74) is 6.02. The first-order chi connectivity index (χ1) is 8.49. The fourth-order valence-electron chi connectivity index (χ4n) is 2.27. The third-order valence-electron chi connectivity index (χ3n) is 3.32. The molecule has 2 nitrogen and oxygen atoms in total. The molecule has 1 aliphatic rings. The van der Waals surface area contributed by atoms with E-state index in [4.69, 9.17) is 10.5 Å². The highest BCUT2D eigenvalue weighted by molar-refractivity contribution is 9.10. The van der Waals surface area contributed by atoms with Crippen LogP contribution in [0.15, 0.2) is 16.6 Å². The van der Waals surface area contributed by atoms with Gasteiger partial charge in [-0.2, -0.15) is 0 Å². The highest BCUT2D eigenvalue weighted by Crippen LogP contribution is 2.26. The normalized spacial score (nSPS) is 25.4. The Kier molecular flexibility index (Phi) is 4.35. The van der Waals surface area contributed by atoms with Crippen molar-refractivity contribution in [2.75, 3.05) is 0 Å². The molecule has 0 saturated carbocycles. The summed E-state index contributed by atoms with van der Waals surface area (Å²) in [4.78, 5) is 0. The highest BCUT2D eigenvalue weighted by atomic mass is 79.9. The van der Waals surface area contributed by atoms with Gasteiger partial charge in [0, 0.05) is 11.6 Å². The minimum atomic E-state index is -0.573. The van der Waals surface area contributed by atoms with Crippen LogP contribution in [0.2, 0.25) is 0 Å². The standard InChI is InChI=1S/C13H16BrF2NO/c1-7-2-5-12(18-7)11(17)6-8-10(15)4-3-9(14)13(8)16/h3-4,7,11-12H,2,5-6,17H2,1H3. The number of hydrogen-bond donors (Lipinski definition) is 1. The van der Waals surface area contributed by atoms with Crippen molar-refractivity contribution < 1.29 is 13.5 Å². The lowest BCUT2D eigenvalue weighted by Gasteiger charge is -2.20. The van der Waals surface area contributed by atoms with Crippen LogP contribution in [0.4, 0.5) is 8.78 Å². The van der Waals surface area contributed by atoms with Crippen LogP contribution in [0, 0.1) is 11.6 Å². The molecule has 3 atom stereocenters. The first-order valence-corrected chi connectivity index (χ1v) is 6.81. The molecule has 0 aromatic heterocycles. The molecule has 2 N–H and O–H groups in total. The molecule has 0 bridgehead atoms. The van der Waals surface area contributed by atoms with E-state index < -0.39 is 11.6 Å². The quantitative estimate of drug-likeness (QED) is 0.868. The van der Waals surface area contributed by atoms with Crippen molar-refractivity contribution in [3.8, 4) is 0 Å². The average molecular weight is 320 g/mol. The van der Waals surface area contributed by atoms with Gasteiger partial charge in [-0.25, -0.2) is 8.78 Å². The van der Waals surface area contributed by atoms with Crippen molar-refractivity contribution in [3.63, 3.8) is 0 Å². The number of hydrogen-bond acceptors (Lipinski definition) is 2. The Morgan fingerprint density at radius 1 is 1.44 bits per heavy atom. The van der Waals surface area contributed by atoms with Crippen LogP contribution in [-0.4, -0.2) is 18.2 Å². The van der Waals surface area contributed by atoms with E-state index in [1.807, 2.05) is 6.92 Å². The third-order valence-corrected chi connectivity index (χ3v) is 3.93. The Morgan fingerprint density at radius 2 is 2.17 bits per heavy atom. The molecule has 1 aromatic rings. The van der Waals surface area contributed by atoms with Crippen molar-refractivity contribution in [3.05, 3.63) is 33.8 Å². The molecular formula is C13H16BrF2NO. The van der Waals surface area contributed by atoms with Crippen LogP contribution in [0.25, 0.3) is 0 Å². The van der Waals surface area contributed by atoms with Crippen LogP contribution in [0.1, 0.15) is 25.3 Å². The third kappa shape index (κ3) is 2.90. The van der Waals surface area contributed by atoms with Crippen LogP contribution in [0.3, 0.4) is 0 Å². The maximum Gasteiger partial charge on any atom is 0.143 e.